The van der Waals surface area contributed by atoms with Gasteiger partial charge in [0, 0.05) is 11.4 Å². The molecule has 0 atom stereocenters. The van der Waals surface area contributed by atoms with E-state index in [0.717, 1.165) is 17.7 Å². The number of ether oxygens (including phenoxy) is 2. The molecule has 0 bridgehead atoms. The van der Waals surface area contributed by atoms with Crippen LogP contribution in [0.5, 0.6) is 11.5 Å². The average Bonchev–Trinajstić information content (AvgIpc) is 2.64. The largest absolute Gasteiger partial charge is 0.493 e. The summed E-state index contributed by atoms with van der Waals surface area (Å²) >= 11 is 1.48. The first kappa shape index (κ1) is 18.2. The molecule has 0 aliphatic heterocycles. The Hall–Kier alpha value is -2.14. The Kier molecular flexibility index (Phi) is 7.49. The van der Waals surface area contributed by atoms with Gasteiger partial charge in [-0.1, -0.05) is 30.3 Å². The number of rotatable bonds is 9. The van der Waals surface area contributed by atoms with Gasteiger partial charge in [-0.2, -0.15) is 0 Å². The van der Waals surface area contributed by atoms with Gasteiger partial charge in [0.15, 0.2) is 11.5 Å². The molecule has 0 aromatic heterocycles. The summed E-state index contributed by atoms with van der Waals surface area (Å²) in [4.78, 5) is 12.9. The summed E-state index contributed by atoms with van der Waals surface area (Å²) < 4.78 is 10.5. The lowest BCUT2D eigenvalue weighted by Crippen LogP contribution is -2.26. The second-order valence-corrected chi connectivity index (χ2v) is 6.29. The third-order valence-corrected chi connectivity index (χ3v) is 4.53. The number of hydrogen-bond donors (Lipinski definition) is 1. The fourth-order valence-electron chi connectivity index (χ4n) is 2.27. The lowest BCUT2D eigenvalue weighted by Gasteiger charge is -2.09. The summed E-state index contributed by atoms with van der Waals surface area (Å²) in [7, 11) is 3.21. The quantitative estimate of drug-likeness (QED) is 0.558. The van der Waals surface area contributed by atoms with Crippen LogP contribution in [0.4, 0.5) is 0 Å². The molecule has 1 amide bonds. The van der Waals surface area contributed by atoms with Crippen LogP contribution in [0, 0.1) is 0 Å². The van der Waals surface area contributed by atoms with Crippen molar-refractivity contribution in [2.24, 2.45) is 0 Å². The molecule has 1 N–H and O–H groups in total. The van der Waals surface area contributed by atoms with Crippen molar-refractivity contribution in [1.82, 2.24) is 5.32 Å². The normalized spacial score (nSPS) is 10.2. The van der Waals surface area contributed by atoms with Gasteiger partial charge in [0.1, 0.15) is 0 Å². The fraction of sp³-hybridized carbons (Fsp3) is 0.316. The zero-order valence-electron chi connectivity index (χ0n) is 14.1. The SMILES string of the molecule is COc1ccc(SCC(=O)NCCCc2ccccc2)cc1OC. The number of aryl methyl sites for hydroxylation is 1. The average molecular weight is 345 g/mol. The third-order valence-electron chi connectivity index (χ3n) is 3.53. The number of carbonyl (C=O) groups excluding carboxylic acids is 1. The number of methoxy groups -OCH3 is 2. The molecule has 0 saturated heterocycles. The van der Waals surface area contributed by atoms with Crippen LogP contribution in [0.1, 0.15) is 12.0 Å². The molecule has 2 aromatic carbocycles. The lowest BCUT2D eigenvalue weighted by molar-refractivity contribution is -0.118. The summed E-state index contributed by atoms with van der Waals surface area (Å²) in [5.41, 5.74) is 1.30. The maximum absolute atomic E-state index is 11.9. The number of thioether (sulfide) groups is 1. The highest BCUT2D eigenvalue weighted by atomic mass is 32.2. The van der Waals surface area contributed by atoms with E-state index in [1.54, 1.807) is 14.2 Å². The van der Waals surface area contributed by atoms with E-state index in [1.807, 2.05) is 36.4 Å². The highest BCUT2D eigenvalue weighted by molar-refractivity contribution is 8.00. The molecule has 5 heteroatoms. The topological polar surface area (TPSA) is 47.6 Å². The molecule has 0 saturated carbocycles. The van der Waals surface area contributed by atoms with Crippen molar-refractivity contribution < 1.29 is 14.3 Å². The van der Waals surface area contributed by atoms with E-state index in [0.29, 0.717) is 23.8 Å². The number of benzene rings is 2. The van der Waals surface area contributed by atoms with Crippen molar-refractivity contribution in [3.05, 3.63) is 54.1 Å². The van der Waals surface area contributed by atoms with Gasteiger partial charge >= 0.3 is 0 Å². The molecule has 0 radical (unpaired) electrons. The number of amides is 1. The van der Waals surface area contributed by atoms with Crippen molar-refractivity contribution in [2.45, 2.75) is 17.7 Å². The van der Waals surface area contributed by atoms with Gasteiger partial charge in [-0.15, -0.1) is 11.8 Å². The van der Waals surface area contributed by atoms with E-state index < -0.39 is 0 Å². The Balaban J connectivity index is 1.69. The maximum Gasteiger partial charge on any atom is 0.230 e. The van der Waals surface area contributed by atoms with Gasteiger partial charge in [0.05, 0.1) is 20.0 Å². The number of hydrogen-bond acceptors (Lipinski definition) is 4. The maximum atomic E-state index is 11.9. The monoisotopic (exact) mass is 345 g/mol. The van der Waals surface area contributed by atoms with Crippen LogP contribution in [-0.2, 0) is 11.2 Å². The van der Waals surface area contributed by atoms with Gasteiger partial charge in [-0.05, 0) is 36.6 Å². The molecule has 0 unspecified atom stereocenters. The highest BCUT2D eigenvalue weighted by Crippen LogP contribution is 2.31. The summed E-state index contributed by atoms with van der Waals surface area (Å²) in [5, 5.41) is 2.96. The van der Waals surface area contributed by atoms with E-state index in [-0.39, 0.29) is 5.91 Å². The molecule has 0 spiro atoms. The van der Waals surface area contributed by atoms with E-state index in [1.165, 1.54) is 17.3 Å². The van der Waals surface area contributed by atoms with Crippen LogP contribution >= 0.6 is 11.8 Å². The number of carbonyl (C=O) groups is 1. The van der Waals surface area contributed by atoms with Crippen LogP contribution in [0.3, 0.4) is 0 Å². The first-order chi connectivity index (χ1) is 11.7. The Labute approximate surface area is 147 Å². The molecule has 0 fully saturated rings. The summed E-state index contributed by atoms with van der Waals surface area (Å²) in [6.07, 6.45) is 1.92. The van der Waals surface area contributed by atoms with E-state index in [4.69, 9.17) is 9.47 Å². The third kappa shape index (κ3) is 5.81. The molecule has 128 valence electrons. The van der Waals surface area contributed by atoms with Crippen molar-refractivity contribution in [2.75, 3.05) is 26.5 Å². The first-order valence-electron chi connectivity index (χ1n) is 7.88. The smallest absolute Gasteiger partial charge is 0.230 e. The van der Waals surface area contributed by atoms with Gasteiger partial charge in [-0.25, -0.2) is 0 Å². The number of nitrogens with one attached hydrogen (secondary N) is 1. The van der Waals surface area contributed by atoms with Crippen molar-refractivity contribution >= 4 is 17.7 Å². The second-order valence-electron chi connectivity index (χ2n) is 5.24. The van der Waals surface area contributed by atoms with E-state index >= 15 is 0 Å². The van der Waals surface area contributed by atoms with Crippen molar-refractivity contribution in [3.63, 3.8) is 0 Å². The molecule has 0 aliphatic rings. The van der Waals surface area contributed by atoms with Gasteiger partial charge < -0.3 is 14.8 Å². The van der Waals surface area contributed by atoms with Crippen LogP contribution in [0.2, 0.25) is 0 Å². The molecule has 2 rings (SSSR count). The van der Waals surface area contributed by atoms with Crippen LogP contribution in [-0.4, -0.2) is 32.4 Å². The zero-order valence-corrected chi connectivity index (χ0v) is 14.9. The highest BCUT2D eigenvalue weighted by Gasteiger charge is 2.07. The molecule has 24 heavy (non-hydrogen) atoms. The summed E-state index contributed by atoms with van der Waals surface area (Å²) in [6, 6.07) is 15.9. The van der Waals surface area contributed by atoms with Gasteiger partial charge in [0.2, 0.25) is 5.91 Å². The zero-order chi connectivity index (χ0) is 17.2. The Bertz CT molecular complexity index is 646. The molecule has 4 nitrogen and oxygen atoms in total. The van der Waals surface area contributed by atoms with Crippen molar-refractivity contribution in [1.29, 1.82) is 0 Å². The molecular weight excluding hydrogens is 322 g/mol. The minimum atomic E-state index is 0.0443. The van der Waals surface area contributed by atoms with Crippen molar-refractivity contribution in [3.8, 4) is 11.5 Å². The predicted molar refractivity (Wildman–Crippen MR) is 98.0 cm³/mol. The lowest BCUT2D eigenvalue weighted by atomic mass is 10.1. The van der Waals surface area contributed by atoms with Gasteiger partial charge in [-0.3, -0.25) is 4.79 Å². The minimum Gasteiger partial charge on any atom is -0.493 e. The minimum absolute atomic E-state index is 0.0443. The molecular formula is C19H23NO3S. The van der Waals surface area contributed by atoms with E-state index in [2.05, 4.69) is 17.4 Å². The van der Waals surface area contributed by atoms with E-state index in [9.17, 15) is 4.79 Å². The Morgan fingerprint density at radius 3 is 2.50 bits per heavy atom. The van der Waals surface area contributed by atoms with Gasteiger partial charge in [0.25, 0.3) is 0 Å². The summed E-state index contributed by atoms with van der Waals surface area (Å²) in [6.45, 7) is 0.695. The first-order valence-corrected chi connectivity index (χ1v) is 8.87. The second kappa shape index (κ2) is 9.88. The Morgan fingerprint density at radius 2 is 1.79 bits per heavy atom. The van der Waals surface area contributed by atoms with Crippen LogP contribution in [0.15, 0.2) is 53.4 Å². The summed E-state index contributed by atoms with van der Waals surface area (Å²) in [5.74, 6) is 1.79. The molecule has 0 heterocycles. The fourth-order valence-corrected chi connectivity index (χ4v) is 3.03. The molecule has 0 aliphatic carbocycles. The van der Waals surface area contributed by atoms with Crippen LogP contribution < -0.4 is 14.8 Å². The molecule has 2 aromatic rings. The standard InChI is InChI=1S/C19H23NO3S/c1-22-17-11-10-16(13-18(17)23-2)24-14-19(21)20-12-6-9-15-7-4-3-5-8-15/h3-5,7-8,10-11,13H,6,9,12,14H2,1-2H3,(H,20,21). The predicted octanol–water partition coefficient (Wildman–Crippen LogP) is 3.54. The Morgan fingerprint density at radius 1 is 1.04 bits per heavy atom. The van der Waals surface area contributed by atoms with Crippen LogP contribution in [0.25, 0.3) is 0 Å².